The lowest BCUT2D eigenvalue weighted by atomic mass is 10.2. The summed E-state index contributed by atoms with van der Waals surface area (Å²) in [6, 6.07) is 12.1. The maximum atomic E-state index is 11.8. The molecule has 0 fully saturated rings. The Morgan fingerprint density at radius 3 is 2.52 bits per heavy atom. The molecule has 2 rings (SSSR count). The lowest BCUT2D eigenvalue weighted by molar-refractivity contribution is -0.118. The lowest BCUT2D eigenvalue weighted by Gasteiger charge is -2.12. The summed E-state index contributed by atoms with van der Waals surface area (Å²) in [6.45, 7) is 0.133. The van der Waals surface area contributed by atoms with Gasteiger partial charge in [-0.15, -0.1) is 0 Å². The Balaban J connectivity index is 1.97. The third kappa shape index (κ3) is 4.36. The van der Waals surface area contributed by atoms with Crippen LogP contribution in [-0.4, -0.2) is 12.5 Å². The van der Waals surface area contributed by atoms with Crippen LogP contribution in [0.2, 0.25) is 10.0 Å². The third-order valence-corrected chi connectivity index (χ3v) is 3.29. The molecule has 0 unspecified atom stereocenters. The van der Waals surface area contributed by atoms with Gasteiger partial charge in [-0.2, -0.15) is 0 Å². The molecule has 0 aliphatic rings. The van der Waals surface area contributed by atoms with Gasteiger partial charge in [0.2, 0.25) is 0 Å². The highest BCUT2D eigenvalue weighted by Crippen LogP contribution is 2.28. The van der Waals surface area contributed by atoms with Crippen LogP contribution in [0.5, 0.6) is 5.75 Å². The zero-order valence-corrected chi connectivity index (χ0v) is 12.6. The molecule has 0 saturated carbocycles. The van der Waals surface area contributed by atoms with Crippen LogP contribution in [0.4, 0.5) is 5.69 Å². The minimum absolute atomic E-state index is 0.153. The van der Waals surface area contributed by atoms with E-state index in [-0.39, 0.29) is 19.1 Å². The van der Waals surface area contributed by atoms with Gasteiger partial charge in [0, 0.05) is 22.8 Å². The van der Waals surface area contributed by atoms with Crippen LogP contribution in [0, 0.1) is 0 Å². The minimum atomic E-state index is -0.291. The van der Waals surface area contributed by atoms with Gasteiger partial charge >= 0.3 is 0 Å². The number of carbonyl (C=O) groups is 1. The quantitative estimate of drug-likeness (QED) is 0.885. The second kappa shape index (κ2) is 7.31. The highest BCUT2D eigenvalue weighted by Gasteiger charge is 2.10. The summed E-state index contributed by atoms with van der Waals surface area (Å²) < 4.78 is 5.47. The number of ether oxygens (including phenoxy) is 1. The first-order valence-electron chi connectivity index (χ1n) is 6.26. The van der Waals surface area contributed by atoms with Crippen LogP contribution in [0.25, 0.3) is 0 Å². The highest BCUT2D eigenvalue weighted by molar-refractivity contribution is 6.32. The molecule has 4 nitrogen and oxygen atoms in total. The van der Waals surface area contributed by atoms with Gasteiger partial charge < -0.3 is 15.8 Å². The first-order valence-corrected chi connectivity index (χ1v) is 7.01. The maximum absolute atomic E-state index is 11.8. The number of rotatable bonds is 5. The molecule has 110 valence electrons. The van der Waals surface area contributed by atoms with Crippen LogP contribution in [0.3, 0.4) is 0 Å². The monoisotopic (exact) mass is 324 g/mol. The molecular weight excluding hydrogens is 311 g/mol. The molecule has 0 spiro atoms. The molecule has 0 heterocycles. The number of halogens is 2. The average Bonchev–Trinajstić information content (AvgIpc) is 2.48. The van der Waals surface area contributed by atoms with Crippen molar-refractivity contribution in [3.05, 3.63) is 58.1 Å². The predicted molar refractivity (Wildman–Crippen MR) is 84.9 cm³/mol. The number of hydrogen-bond acceptors (Lipinski definition) is 3. The summed E-state index contributed by atoms with van der Waals surface area (Å²) in [5.74, 6) is 0.146. The molecule has 2 aromatic rings. The minimum Gasteiger partial charge on any atom is -0.482 e. The van der Waals surface area contributed by atoms with Crippen molar-refractivity contribution in [1.82, 2.24) is 0 Å². The van der Waals surface area contributed by atoms with Crippen molar-refractivity contribution < 1.29 is 9.53 Å². The summed E-state index contributed by atoms with van der Waals surface area (Å²) in [5, 5.41) is 3.73. The average molecular weight is 325 g/mol. The van der Waals surface area contributed by atoms with Gasteiger partial charge in [0.25, 0.3) is 5.91 Å². The van der Waals surface area contributed by atoms with Crippen molar-refractivity contribution in [1.29, 1.82) is 0 Å². The fraction of sp³-hybridized carbons (Fsp3) is 0.133. The maximum Gasteiger partial charge on any atom is 0.262 e. The van der Waals surface area contributed by atoms with Gasteiger partial charge in [0.05, 0.1) is 5.02 Å². The molecule has 0 aromatic heterocycles. The van der Waals surface area contributed by atoms with E-state index in [2.05, 4.69) is 5.32 Å². The summed E-state index contributed by atoms with van der Waals surface area (Å²) in [4.78, 5) is 11.8. The fourth-order valence-corrected chi connectivity index (χ4v) is 2.12. The van der Waals surface area contributed by atoms with Crippen LogP contribution < -0.4 is 15.8 Å². The molecule has 0 saturated heterocycles. The first-order chi connectivity index (χ1) is 10.1. The van der Waals surface area contributed by atoms with E-state index in [1.807, 2.05) is 0 Å². The normalized spacial score (nSPS) is 10.2. The van der Waals surface area contributed by atoms with Gasteiger partial charge in [-0.1, -0.05) is 35.3 Å². The number of anilines is 1. The zero-order chi connectivity index (χ0) is 15.2. The van der Waals surface area contributed by atoms with Gasteiger partial charge in [0.15, 0.2) is 6.61 Å². The molecule has 0 atom stereocenters. The van der Waals surface area contributed by atoms with Crippen molar-refractivity contribution in [3.8, 4) is 5.75 Å². The van der Waals surface area contributed by atoms with E-state index >= 15 is 0 Å². The number of nitrogens with two attached hydrogens (primary N) is 1. The summed E-state index contributed by atoms with van der Waals surface area (Å²) >= 11 is 11.8. The molecule has 0 aliphatic carbocycles. The van der Waals surface area contributed by atoms with Crippen LogP contribution in [0.15, 0.2) is 42.5 Å². The van der Waals surface area contributed by atoms with Crippen LogP contribution >= 0.6 is 23.2 Å². The SMILES string of the molecule is NCc1cccc(Cl)c1OCC(=O)Nc1ccc(Cl)cc1. The summed E-state index contributed by atoms with van der Waals surface area (Å²) in [6.07, 6.45) is 0. The molecule has 1 amide bonds. The Labute approximate surface area is 132 Å². The smallest absolute Gasteiger partial charge is 0.262 e. The van der Waals surface area contributed by atoms with Crippen molar-refractivity contribution in [2.75, 3.05) is 11.9 Å². The highest BCUT2D eigenvalue weighted by atomic mass is 35.5. The second-order valence-electron chi connectivity index (χ2n) is 4.28. The second-order valence-corrected chi connectivity index (χ2v) is 5.12. The number of hydrogen-bond donors (Lipinski definition) is 2. The van der Waals surface area contributed by atoms with Gasteiger partial charge in [-0.05, 0) is 30.3 Å². The third-order valence-electron chi connectivity index (χ3n) is 2.74. The number of nitrogens with one attached hydrogen (secondary N) is 1. The number of amides is 1. The molecule has 6 heteroatoms. The van der Waals surface area contributed by atoms with Gasteiger partial charge in [-0.25, -0.2) is 0 Å². The Morgan fingerprint density at radius 2 is 1.86 bits per heavy atom. The summed E-state index contributed by atoms with van der Waals surface area (Å²) in [5.41, 5.74) is 7.01. The molecular formula is C15H14Cl2N2O2. The molecule has 21 heavy (non-hydrogen) atoms. The van der Waals surface area contributed by atoms with Crippen LogP contribution in [0.1, 0.15) is 5.56 Å². The largest absolute Gasteiger partial charge is 0.482 e. The molecule has 3 N–H and O–H groups in total. The molecule has 0 radical (unpaired) electrons. The zero-order valence-electron chi connectivity index (χ0n) is 11.1. The van der Waals surface area contributed by atoms with Crippen LogP contribution in [-0.2, 0) is 11.3 Å². The predicted octanol–water partition coefficient (Wildman–Crippen LogP) is 3.47. The van der Waals surface area contributed by atoms with E-state index in [9.17, 15) is 4.79 Å². The molecule has 0 aliphatic heterocycles. The lowest BCUT2D eigenvalue weighted by Crippen LogP contribution is -2.20. The van der Waals surface area contributed by atoms with Crippen molar-refractivity contribution in [2.24, 2.45) is 5.73 Å². The Bertz CT molecular complexity index is 630. The van der Waals surface area contributed by atoms with Crippen molar-refractivity contribution in [3.63, 3.8) is 0 Å². The Kier molecular flexibility index (Phi) is 5.44. The topological polar surface area (TPSA) is 64.3 Å². The van der Waals surface area contributed by atoms with E-state index in [4.69, 9.17) is 33.7 Å². The molecule has 0 bridgehead atoms. The van der Waals surface area contributed by atoms with Crippen molar-refractivity contribution >= 4 is 34.8 Å². The summed E-state index contributed by atoms with van der Waals surface area (Å²) in [7, 11) is 0. The Morgan fingerprint density at radius 1 is 1.14 bits per heavy atom. The Hall–Kier alpha value is -1.75. The van der Waals surface area contributed by atoms with E-state index in [1.165, 1.54) is 0 Å². The van der Waals surface area contributed by atoms with E-state index in [0.29, 0.717) is 21.5 Å². The standard InChI is InChI=1S/C15H14Cl2N2O2/c16-11-4-6-12(7-5-11)19-14(20)9-21-15-10(8-18)2-1-3-13(15)17/h1-7H,8-9,18H2,(H,19,20). The number of benzene rings is 2. The van der Waals surface area contributed by atoms with E-state index < -0.39 is 0 Å². The fourth-order valence-electron chi connectivity index (χ4n) is 1.74. The van der Waals surface area contributed by atoms with Gasteiger partial charge in [0.1, 0.15) is 5.75 Å². The molecule has 2 aromatic carbocycles. The van der Waals surface area contributed by atoms with Crippen molar-refractivity contribution in [2.45, 2.75) is 6.54 Å². The number of para-hydroxylation sites is 1. The first kappa shape index (κ1) is 15.6. The van der Waals surface area contributed by atoms with E-state index in [0.717, 1.165) is 5.56 Å². The van der Waals surface area contributed by atoms with Gasteiger partial charge in [-0.3, -0.25) is 4.79 Å². The van der Waals surface area contributed by atoms with E-state index in [1.54, 1.807) is 42.5 Å². The number of carbonyl (C=O) groups excluding carboxylic acids is 1.